The van der Waals surface area contributed by atoms with Crippen molar-refractivity contribution in [3.05, 3.63) is 0 Å². The topological polar surface area (TPSA) is 59.6 Å². The average Bonchev–Trinajstić information content (AvgIpc) is 2.87. The average molecular weight is 270 g/mol. The molecule has 110 valence electrons. The van der Waals surface area contributed by atoms with Gasteiger partial charge in [-0.25, -0.2) is 0 Å². The fourth-order valence-corrected chi connectivity index (χ4v) is 2.87. The molecule has 5 heteroatoms. The van der Waals surface area contributed by atoms with E-state index in [1.807, 2.05) is 0 Å². The van der Waals surface area contributed by atoms with E-state index in [-0.39, 0.29) is 5.91 Å². The molecule has 0 bridgehead atoms. The maximum Gasteiger partial charge on any atom is 0.234 e. The van der Waals surface area contributed by atoms with Gasteiger partial charge in [-0.15, -0.1) is 0 Å². The third kappa shape index (κ3) is 4.75. The molecule has 2 aliphatic rings. The quantitative estimate of drug-likeness (QED) is 0.745. The summed E-state index contributed by atoms with van der Waals surface area (Å²) >= 11 is 0. The van der Waals surface area contributed by atoms with Crippen LogP contribution < -0.4 is 10.6 Å². The van der Waals surface area contributed by atoms with E-state index in [2.05, 4.69) is 17.6 Å². The first-order valence-electron chi connectivity index (χ1n) is 7.49. The Morgan fingerprint density at radius 1 is 1.21 bits per heavy atom. The molecule has 1 amide bonds. The number of nitrogens with one attached hydrogen (secondary N) is 2. The van der Waals surface area contributed by atoms with Crippen LogP contribution in [0.3, 0.4) is 0 Å². The van der Waals surface area contributed by atoms with Crippen molar-refractivity contribution < 1.29 is 14.3 Å². The van der Waals surface area contributed by atoms with Gasteiger partial charge < -0.3 is 20.1 Å². The molecule has 2 atom stereocenters. The second-order valence-electron chi connectivity index (χ2n) is 5.45. The number of rotatable bonds is 6. The van der Waals surface area contributed by atoms with Gasteiger partial charge >= 0.3 is 0 Å². The number of hydrogen-bond donors (Lipinski definition) is 2. The summed E-state index contributed by atoms with van der Waals surface area (Å²) in [6.45, 7) is 5.82. The minimum absolute atomic E-state index is 0.0962. The minimum Gasteiger partial charge on any atom is -0.381 e. The molecule has 0 saturated carbocycles. The molecule has 2 fully saturated rings. The Balaban J connectivity index is 1.58. The van der Waals surface area contributed by atoms with Crippen LogP contribution in [0.2, 0.25) is 0 Å². The maximum absolute atomic E-state index is 11.8. The molecule has 0 aliphatic carbocycles. The van der Waals surface area contributed by atoms with E-state index in [1.165, 1.54) is 0 Å². The highest BCUT2D eigenvalue weighted by atomic mass is 16.5. The Hall–Kier alpha value is -0.650. The Bertz CT molecular complexity index is 280. The van der Waals surface area contributed by atoms with Gasteiger partial charge in [-0.05, 0) is 31.6 Å². The highest BCUT2D eigenvalue weighted by molar-refractivity contribution is 5.78. The fourth-order valence-electron chi connectivity index (χ4n) is 2.87. The second kappa shape index (κ2) is 7.82. The molecule has 19 heavy (non-hydrogen) atoms. The first-order chi connectivity index (χ1) is 9.29. The molecule has 0 spiro atoms. The molecule has 2 rings (SSSR count). The van der Waals surface area contributed by atoms with E-state index in [9.17, 15) is 4.79 Å². The van der Waals surface area contributed by atoms with Gasteiger partial charge in [0.05, 0.1) is 12.6 Å². The second-order valence-corrected chi connectivity index (χ2v) is 5.45. The summed E-state index contributed by atoms with van der Waals surface area (Å²) in [4.78, 5) is 11.8. The lowest BCUT2D eigenvalue weighted by molar-refractivity contribution is -0.121. The van der Waals surface area contributed by atoms with Gasteiger partial charge in [0.2, 0.25) is 5.91 Å². The van der Waals surface area contributed by atoms with E-state index < -0.39 is 0 Å². The van der Waals surface area contributed by atoms with Crippen LogP contribution in [0.25, 0.3) is 0 Å². The summed E-state index contributed by atoms with van der Waals surface area (Å²) in [6.07, 6.45) is 4.39. The number of hydrogen-bond acceptors (Lipinski definition) is 4. The number of amides is 1. The lowest BCUT2D eigenvalue weighted by Crippen LogP contribution is -2.44. The van der Waals surface area contributed by atoms with Crippen molar-refractivity contribution in [1.29, 1.82) is 0 Å². The number of carbonyl (C=O) groups is 1. The highest BCUT2D eigenvalue weighted by Gasteiger charge is 2.26. The van der Waals surface area contributed by atoms with Crippen molar-refractivity contribution in [2.45, 2.75) is 44.8 Å². The van der Waals surface area contributed by atoms with Crippen molar-refractivity contribution in [3.8, 4) is 0 Å². The summed E-state index contributed by atoms with van der Waals surface area (Å²) in [5.74, 6) is 0.653. The van der Waals surface area contributed by atoms with Crippen LogP contribution >= 0.6 is 0 Å². The molecule has 0 aromatic heterocycles. The van der Waals surface area contributed by atoms with Crippen molar-refractivity contribution in [2.24, 2.45) is 5.92 Å². The fraction of sp³-hybridized carbons (Fsp3) is 0.929. The molecule has 2 saturated heterocycles. The third-order valence-corrected chi connectivity index (χ3v) is 4.03. The predicted octanol–water partition coefficient (Wildman–Crippen LogP) is 0.686. The first kappa shape index (κ1) is 14.8. The van der Waals surface area contributed by atoms with Crippen LogP contribution in [0.1, 0.15) is 32.6 Å². The van der Waals surface area contributed by atoms with Crippen LogP contribution in [-0.2, 0) is 14.3 Å². The lowest BCUT2D eigenvalue weighted by atomic mass is 10.00. The van der Waals surface area contributed by atoms with Gasteiger partial charge in [0, 0.05) is 32.4 Å². The molecule has 0 radical (unpaired) electrons. The zero-order valence-electron chi connectivity index (χ0n) is 11.8. The molecular formula is C14H26N2O3. The summed E-state index contributed by atoms with van der Waals surface area (Å²) in [5, 5.41) is 6.31. The van der Waals surface area contributed by atoms with Crippen molar-refractivity contribution in [1.82, 2.24) is 10.6 Å². The van der Waals surface area contributed by atoms with E-state index >= 15 is 0 Å². The summed E-state index contributed by atoms with van der Waals surface area (Å²) in [7, 11) is 0. The summed E-state index contributed by atoms with van der Waals surface area (Å²) in [5.41, 5.74) is 0. The van der Waals surface area contributed by atoms with Crippen molar-refractivity contribution in [2.75, 3.05) is 32.9 Å². The molecular weight excluding hydrogens is 244 g/mol. The summed E-state index contributed by atoms with van der Waals surface area (Å²) in [6, 6.07) is 0.293. The largest absolute Gasteiger partial charge is 0.381 e. The van der Waals surface area contributed by atoms with Crippen LogP contribution in [0.5, 0.6) is 0 Å². The Morgan fingerprint density at radius 3 is 2.74 bits per heavy atom. The molecule has 2 unspecified atom stereocenters. The van der Waals surface area contributed by atoms with Gasteiger partial charge in [-0.2, -0.15) is 0 Å². The van der Waals surface area contributed by atoms with E-state index in [4.69, 9.17) is 9.47 Å². The Kier molecular flexibility index (Phi) is 6.07. The zero-order chi connectivity index (χ0) is 13.5. The zero-order valence-corrected chi connectivity index (χ0v) is 11.8. The Morgan fingerprint density at radius 2 is 2.00 bits per heavy atom. The van der Waals surface area contributed by atoms with Crippen molar-refractivity contribution in [3.63, 3.8) is 0 Å². The number of carbonyl (C=O) groups excluding carboxylic acids is 1. The smallest absolute Gasteiger partial charge is 0.234 e. The highest BCUT2D eigenvalue weighted by Crippen LogP contribution is 2.22. The van der Waals surface area contributed by atoms with Gasteiger partial charge in [0.1, 0.15) is 0 Å². The lowest BCUT2D eigenvalue weighted by Gasteiger charge is -2.23. The normalized spacial score (nSPS) is 28.5. The molecule has 2 aliphatic heterocycles. The van der Waals surface area contributed by atoms with Gasteiger partial charge in [0.15, 0.2) is 0 Å². The van der Waals surface area contributed by atoms with E-state index in [1.54, 1.807) is 0 Å². The minimum atomic E-state index is 0.0962. The van der Waals surface area contributed by atoms with E-state index in [0.29, 0.717) is 24.6 Å². The Labute approximate surface area is 115 Å². The number of ether oxygens (including phenoxy) is 2. The van der Waals surface area contributed by atoms with Crippen molar-refractivity contribution >= 4 is 5.91 Å². The predicted molar refractivity (Wildman–Crippen MR) is 73.0 cm³/mol. The van der Waals surface area contributed by atoms with Crippen LogP contribution in [0.15, 0.2) is 0 Å². The molecule has 2 heterocycles. The first-order valence-corrected chi connectivity index (χ1v) is 7.49. The van der Waals surface area contributed by atoms with Gasteiger partial charge in [-0.3, -0.25) is 4.79 Å². The molecule has 0 aromatic carbocycles. The summed E-state index contributed by atoms with van der Waals surface area (Å²) < 4.78 is 10.9. The third-order valence-electron chi connectivity index (χ3n) is 4.03. The van der Waals surface area contributed by atoms with Crippen LogP contribution in [0, 0.1) is 5.92 Å². The monoisotopic (exact) mass is 270 g/mol. The van der Waals surface area contributed by atoms with Gasteiger partial charge in [0.25, 0.3) is 0 Å². The van der Waals surface area contributed by atoms with Crippen LogP contribution in [0.4, 0.5) is 0 Å². The maximum atomic E-state index is 11.8. The van der Waals surface area contributed by atoms with Crippen LogP contribution in [-0.4, -0.2) is 51.0 Å². The standard InChI is InChI=1S/C14H26N2O3/c1-2-13-11(3-8-19-13)9-15-10-14(17)16-12-4-6-18-7-5-12/h11-13,15H,2-10H2,1H3,(H,16,17). The van der Waals surface area contributed by atoms with E-state index in [0.717, 1.165) is 52.0 Å². The molecule has 0 aromatic rings. The van der Waals surface area contributed by atoms with Gasteiger partial charge in [-0.1, -0.05) is 6.92 Å². The SMILES string of the molecule is CCC1OCCC1CNCC(=O)NC1CCOCC1. The molecule has 2 N–H and O–H groups in total. The molecule has 5 nitrogen and oxygen atoms in total.